The number of pyridine rings is 1. The van der Waals surface area contributed by atoms with E-state index >= 15 is 0 Å². The molecule has 204 valence electrons. The van der Waals surface area contributed by atoms with E-state index in [2.05, 4.69) is 27.0 Å². The minimum atomic E-state index is -1.17. The average molecular weight is 541 g/mol. The van der Waals surface area contributed by atoms with Crippen LogP contribution in [0.25, 0.3) is 11.0 Å². The topological polar surface area (TPSA) is 165 Å². The van der Waals surface area contributed by atoms with Gasteiger partial charge in [0.25, 0.3) is 5.91 Å². The number of aryl methyl sites for hydroxylation is 1. The van der Waals surface area contributed by atoms with Crippen LogP contribution in [0.4, 0.5) is 16.3 Å². The van der Waals surface area contributed by atoms with E-state index < -0.39 is 6.09 Å². The van der Waals surface area contributed by atoms with Crippen LogP contribution >= 0.6 is 0 Å². The number of hydrogen-bond donors (Lipinski definition) is 4. The number of fused-ring (bicyclic) bond motifs is 1. The van der Waals surface area contributed by atoms with Crippen molar-refractivity contribution in [1.29, 1.82) is 5.26 Å². The number of anilines is 2. The zero-order chi connectivity index (χ0) is 28.5. The molecule has 0 fully saturated rings. The molecule has 0 aliphatic carbocycles. The van der Waals surface area contributed by atoms with Gasteiger partial charge in [0.05, 0.1) is 29.2 Å². The first-order valence-corrected chi connectivity index (χ1v) is 12.5. The van der Waals surface area contributed by atoms with Crippen LogP contribution < -0.4 is 20.9 Å². The summed E-state index contributed by atoms with van der Waals surface area (Å²) in [5.74, 6) is 0.519. The smallest absolute Gasteiger partial charge is 0.404 e. The third-order valence-corrected chi connectivity index (χ3v) is 6.14. The second-order valence-electron chi connectivity index (χ2n) is 8.81. The molecule has 4 N–H and O–H groups in total. The van der Waals surface area contributed by atoms with Crippen molar-refractivity contribution >= 4 is 40.4 Å². The van der Waals surface area contributed by atoms with Gasteiger partial charge in [0.15, 0.2) is 0 Å². The normalized spacial score (nSPS) is 10.5. The Balaban J connectivity index is 1.47. The predicted octanol–water partition coefficient (Wildman–Crippen LogP) is 2.87. The van der Waals surface area contributed by atoms with Crippen LogP contribution in [0.5, 0.6) is 0 Å². The molecule has 4 rings (SSSR count). The SMILES string of the molecule is Cn1c(CNc2ccc(C#N)cc2)nc2cc(C(=O)N(CCC(=O)NCCNC(=O)O)c3ccccn3)ccc21. The third-order valence-electron chi connectivity index (χ3n) is 6.14. The van der Waals surface area contributed by atoms with Crippen molar-refractivity contribution < 1.29 is 19.5 Å². The van der Waals surface area contributed by atoms with Crippen LogP contribution in [0.3, 0.4) is 0 Å². The zero-order valence-electron chi connectivity index (χ0n) is 21.8. The van der Waals surface area contributed by atoms with Gasteiger partial charge in [0.2, 0.25) is 5.91 Å². The Kier molecular flexibility index (Phi) is 8.88. The first-order chi connectivity index (χ1) is 19.4. The maximum atomic E-state index is 13.6. The number of carbonyl (C=O) groups is 3. The second-order valence-corrected chi connectivity index (χ2v) is 8.81. The number of carbonyl (C=O) groups excluding carboxylic acids is 2. The van der Waals surface area contributed by atoms with E-state index in [9.17, 15) is 14.4 Å². The van der Waals surface area contributed by atoms with E-state index in [-0.39, 0.29) is 37.9 Å². The number of hydrogen-bond acceptors (Lipinski definition) is 7. The van der Waals surface area contributed by atoms with Crippen LogP contribution in [0.2, 0.25) is 0 Å². The minimum Gasteiger partial charge on any atom is -0.465 e. The van der Waals surface area contributed by atoms with Gasteiger partial charge >= 0.3 is 6.09 Å². The zero-order valence-corrected chi connectivity index (χ0v) is 21.8. The highest BCUT2D eigenvalue weighted by Gasteiger charge is 2.21. The number of nitrogens with zero attached hydrogens (tertiary/aromatic N) is 5. The Labute approximate surface area is 230 Å². The molecule has 2 aromatic carbocycles. The Hall–Kier alpha value is -5.44. The third kappa shape index (κ3) is 6.90. The summed E-state index contributed by atoms with van der Waals surface area (Å²) < 4.78 is 1.94. The number of aromatic nitrogens is 3. The van der Waals surface area contributed by atoms with Crippen LogP contribution in [-0.4, -0.2) is 57.2 Å². The van der Waals surface area contributed by atoms with Crippen LogP contribution in [0.15, 0.2) is 66.9 Å². The first kappa shape index (κ1) is 27.6. The van der Waals surface area contributed by atoms with Crippen molar-refractivity contribution in [2.24, 2.45) is 7.05 Å². The lowest BCUT2D eigenvalue weighted by molar-refractivity contribution is -0.120. The van der Waals surface area contributed by atoms with Gasteiger partial charge in [-0.2, -0.15) is 5.26 Å². The molecule has 0 aliphatic heterocycles. The van der Waals surface area contributed by atoms with E-state index in [4.69, 9.17) is 15.4 Å². The number of rotatable bonds is 11. The number of imidazole rings is 1. The van der Waals surface area contributed by atoms with E-state index in [1.54, 1.807) is 48.7 Å². The van der Waals surface area contributed by atoms with Crippen molar-refractivity contribution in [3.05, 3.63) is 83.8 Å². The molecule has 0 saturated heterocycles. The average Bonchev–Trinajstić information content (AvgIpc) is 3.29. The number of nitrogens with one attached hydrogen (secondary N) is 3. The van der Waals surface area contributed by atoms with Gasteiger partial charge in [-0.25, -0.2) is 14.8 Å². The summed E-state index contributed by atoms with van der Waals surface area (Å²) in [5.41, 5.74) is 3.34. The molecule has 0 unspecified atom stereocenters. The molecule has 12 heteroatoms. The van der Waals surface area contributed by atoms with E-state index in [0.717, 1.165) is 17.0 Å². The molecule has 0 radical (unpaired) electrons. The van der Waals surface area contributed by atoms with Crippen molar-refractivity contribution in [3.63, 3.8) is 0 Å². The molecule has 0 aliphatic rings. The van der Waals surface area contributed by atoms with Crippen molar-refractivity contribution in [1.82, 2.24) is 25.2 Å². The highest BCUT2D eigenvalue weighted by Crippen LogP contribution is 2.21. The molecule has 40 heavy (non-hydrogen) atoms. The highest BCUT2D eigenvalue weighted by molar-refractivity contribution is 6.07. The van der Waals surface area contributed by atoms with E-state index in [0.29, 0.717) is 29.0 Å². The maximum Gasteiger partial charge on any atom is 0.404 e. The van der Waals surface area contributed by atoms with Crippen LogP contribution in [0.1, 0.15) is 28.2 Å². The molecule has 0 saturated carbocycles. The van der Waals surface area contributed by atoms with Gasteiger partial charge < -0.3 is 25.6 Å². The van der Waals surface area contributed by atoms with Gasteiger partial charge in [-0.3, -0.25) is 14.5 Å². The van der Waals surface area contributed by atoms with Crippen molar-refractivity contribution in [2.45, 2.75) is 13.0 Å². The van der Waals surface area contributed by atoms with Gasteiger partial charge in [-0.1, -0.05) is 6.07 Å². The Bertz CT molecular complexity index is 1540. The molecule has 3 amide bonds. The molecular weight excluding hydrogens is 512 g/mol. The number of amides is 3. The summed E-state index contributed by atoms with van der Waals surface area (Å²) >= 11 is 0. The van der Waals surface area contributed by atoms with Crippen molar-refractivity contribution in [3.8, 4) is 6.07 Å². The largest absolute Gasteiger partial charge is 0.465 e. The number of nitriles is 1. The Morgan fingerprint density at radius 3 is 2.52 bits per heavy atom. The van der Waals surface area contributed by atoms with E-state index in [1.807, 2.05) is 29.8 Å². The van der Waals surface area contributed by atoms with Gasteiger partial charge in [0, 0.05) is 50.6 Å². The molecular formula is C28H28N8O4. The quantitative estimate of drug-likeness (QED) is 0.211. The maximum absolute atomic E-state index is 13.6. The first-order valence-electron chi connectivity index (χ1n) is 12.5. The molecule has 0 bridgehead atoms. The summed E-state index contributed by atoms with van der Waals surface area (Å²) in [6, 6.07) is 19.7. The predicted molar refractivity (Wildman–Crippen MR) is 149 cm³/mol. The molecule has 4 aromatic rings. The Morgan fingerprint density at radius 2 is 1.82 bits per heavy atom. The highest BCUT2D eigenvalue weighted by atomic mass is 16.4. The van der Waals surface area contributed by atoms with Gasteiger partial charge in [-0.15, -0.1) is 0 Å². The molecule has 0 spiro atoms. The lowest BCUT2D eigenvalue weighted by Gasteiger charge is -2.21. The van der Waals surface area contributed by atoms with Crippen molar-refractivity contribution in [2.75, 3.05) is 29.9 Å². The molecule has 2 aromatic heterocycles. The van der Waals surface area contributed by atoms with Gasteiger partial charge in [-0.05, 0) is 54.6 Å². The second kappa shape index (κ2) is 12.9. The summed E-state index contributed by atoms with van der Waals surface area (Å²) in [7, 11) is 1.90. The van der Waals surface area contributed by atoms with E-state index in [1.165, 1.54) is 4.90 Å². The minimum absolute atomic E-state index is 0.00633. The summed E-state index contributed by atoms with van der Waals surface area (Å²) in [4.78, 5) is 46.9. The lowest BCUT2D eigenvalue weighted by atomic mass is 10.1. The standard InChI is InChI=1S/C28H28N8O4/c1-35-23-10-7-20(16-22(23)34-25(35)18-33-21-8-5-19(17-29)6-9-21)27(38)36(24-4-2-3-12-30-24)15-11-26(37)31-13-14-32-28(39)40/h2-10,12,16,32-33H,11,13-15,18H2,1H3,(H,31,37)(H,39,40). The lowest BCUT2D eigenvalue weighted by Crippen LogP contribution is -2.38. The van der Waals surface area contributed by atoms with Gasteiger partial charge in [0.1, 0.15) is 11.6 Å². The summed E-state index contributed by atoms with van der Waals surface area (Å²) in [6.07, 6.45) is 0.412. The fraction of sp³-hybridized carbons (Fsp3) is 0.214. The fourth-order valence-electron chi connectivity index (χ4n) is 4.05. The monoisotopic (exact) mass is 540 g/mol. The number of benzene rings is 2. The summed E-state index contributed by atoms with van der Waals surface area (Å²) in [5, 5.41) is 25.7. The molecule has 2 heterocycles. The molecule has 0 atom stereocenters. The summed E-state index contributed by atoms with van der Waals surface area (Å²) in [6.45, 7) is 0.742. The van der Waals surface area contributed by atoms with Crippen LogP contribution in [0, 0.1) is 11.3 Å². The van der Waals surface area contributed by atoms with Crippen LogP contribution in [-0.2, 0) is 18.4 Å². The fourth-order valence-corrected chi connectivity index (χ4v) is 4.05. The number of carboxylic acid groups (broad SMARTS) is 1. The molecule has 12 nitrogen and oxygen atoms in total. The Morgan fingerprint density at radius 1 is 1.05 bits per heavy atom.